The first kappa shape index (κ1) is 21.4. The minimum Gasteiger partial charge on any atom is -0.343 e. The molecule has 0 radical (unpaired) electrons. The summed E-state index contributed by atoms with van der Waals surface area (Å²) in [6.07, 6.45) is 7.09. The number of likely N-dealkylation sites (N-methyl/N-ethyl adjacent to an activating group) is 1. The van der Waals surface area contributed by atoms with Crippen LogP contribution in [0.4, 0.5) is 5.69 Å². The summed E-state index contributed by atoms with van der Waals surface area (Å²) < 4.78 is 0. The van der Waals surface area contributed by atoms with E-state index in [0.717, 1.165) is 63.8 Å². The first-order chi connectivity index (χ1) is 13.0. The van der Waals surface area contributed by atoms with Gasteiger partial charge in [-0.2, -0.15) is 0 Å². The fourth-order valence-corrected chi connectivity index (χ4v) is 3.81. The number of benzene rings is 1. The van der Waals surface area contributed by atoms with Crippen LogP contribution in [-0.4, -0.2) is 52.9 Å². The number of likely N-dealkylation sites (tertiary alicyclic amines) is 1. The van der Waals surface area contributed by atoms with Crippen molar-refractivity contribution < 1.29 is 9.72 Å². The Morgan fingerprint density at radius 3 is 2.59 bits per heavy atom. The number of carbonyl (C=O) groups excluding carboxylic acids is 1. The van der Waals surface area contributed by atoms with E-state index in [9.17, 15) is 14.9 Å². The van der Waals surface area contributed by atoms with Crippen molar-refractivity contribution in [1.29, 1.82) is 0 Å². The van der Waals surface area contributed by atoms with Gasteiger partial charge >= 0.3 is 0 Å². The van der Waals surface area contributed by atoms with Crippen LogP contribution in [0.15, 0.2) is 24.3 Å². The van der Waals surface area contributed by atoms with Gasteiger partial charge in [-0.3, -0.25) is 14.9 Å². The second-order valence-electron chi connectivity index (χ2n) is 7.50. The molecule has 1 saturated heterocycles. The van der Waals surface area contributed by atoms with Crippen molar-refractivity contribution in [1.82, 2.24) is 9.80 Å². The second kappa shape index (κ2) is 11.0. The molecule has 1 aliphatic rings. The molecule has 1 aliphatic heterocycles. The third-order valence-corrected chi connectivity index (χ3v) is 5.50. The van der Waals surface area contributed by atoms with Gasteiger partial charge in [0.25, 0.3) is 5.69 Å². The minimum atomic E-state index is -0.361. The molecule has 150 valence electrons. The number of carbonyl (C=O) groups is 1. The molecule has 1 unspecified atom stereocenters. The van der Waals surface area contributed by atoms with Gasteiger partial charge in [0.05, 0.1) is 4.92 Å². The summed E-state index contributed by atoms with van der Waals surface area (Å²) in [4.78, 5) is 26.9. The zero-order chi connectivity index (χ0) is 19.6. The van der Waals surface area contributed by atoms with Crippen LogP contribution in [0.25, 0.3) is 0 Å². The molecule has 0 bridgehead atoms. The molecular weight excluding hydrogens is 342 g/mol. The first-order valence-electron chi connectivity index (χ1n) is 10.3. The average Bonchev–Trinajstić information content (AvgIpc) is 2.86. The van der Waals surface area contributed by atoms with E-state index in [0.29, 0.717) is 18.4 Å². The summed E-state index contributed by atoms with van der Waals surface area (Å²) in [6, 6.07) is 7.25. The third-order valence-electron chi connectivity index (χ3n) is 5.50. The lowest BCUT2D eigenvalue weighted by Gasteiger charge is -2.28. The van der Waals surface area contributed by atoms with Gasteiger partial charge in [-0.1, -0.05) is 25.5 Å². The van der Waals surface area contributed by atoms with E-state index in [2.05, 4.69) is 18.7 Å². The lowest BCUT2D eigenvalue weighted by Crippen LogP contribution is -2.36. The molecule has 0 aromatic heterocycles. The summed E-state index contributed by atoms with van der Waals surface area (Å²) in [5, 5.41) is 10.8. The zero-order valence-electron chi connectivity index (χ0n) is 16.7. The number of amides is 1. The fourth-order valence-electron chi connectivity index (χ4n) is 3.81. The lowest BCUT2D eigenvalue weighted by atomic mass is 10.1. The van der Waals surface area contributed by atoms with Crippen molar-refractivity contribution in [3.05, 3.63) is 39.9 Å². The first-order valence-corrected chi connectivity index (χ1v) is 10.3. The van der Waals surface area contributed by atoms with Crippen LogP contribution in [-0.2, 0) is 11.2 Å². The van der Waals surface area contributed by atoms with Gasteiger partial charge in [0.1, 0.15) is 0 Å². The molecule has 27 heavy (non-hydrogen) atoms. The fraction of sp³-hybridized carbons (Fsp3) is 0.667. The van der Waals surface area contributed by atoms with E-state index in [4.69, 9.17) is 0 Å². The molecular formula is C21H33N3O3. The van der Waals surface area contributed by atoms with E-state index in [1.54, 1.807) is 12.1 Å². The quantitative estimate of drug-likeness (QED) is 0.352. The second-order valence-corrected chi connectivity index (χ2v) is 7.50. The molecule has 6 nitrogen and oxygen atoms in total. The predicted molar refractivity (Wildman–Crippen MR) is 108 cm³/mol. The summed E-state index contributed by atoms with van der Waals surface area (Å²) in [5.74, 6) is 0.325. The maximum Gasteiger partial charge on any atom is 0.269 e. The molecule has 1 heterocycles. The van der Waals surface area contributed by atoms with Crippen molar-refractivity contribution in [2.24, 2.45) is 0 Å². The molecule has 1 atom stereocenters. The Bertz CT molecular complexity index is 603. The monoisotopic (exact) mass is 375 g/mol. The normalized spacial score (nSPS) is 16.4. The number of unbranched alkanes of at least 4 members (excludes halogenated alkanes) is 1. The van der Waals surface area contributed by atoms with Crippen molar-refractivity contribution >= 4 is 11.6 Å². The molecule has 0 saturated carbocycles. The SMILES string of the molecule is CCN(CCCCN1CCCCCC1=O)C(C)Cc1ccc([N+](=O)[O-])cc1. The minimum absolute atomic E-state index is 0.141. The van der Waals surface area contributed by atoms with Crippen molar-refractivity contribution in [3.63, 3.8) is 0 Å². The van der Waals surface area contributed by atoms with Crippen LogP contribution < -0.4 is 0 Å². The molecule has 6 heteroatoms. The van der Waals surface area contributed by atoms with Gasteiger partial charge in [-0.15, -0.1) is 0 Å². The molecule has 1 aromatic carbocycles. The maximum absolute atomic E-state index is 12.0. The molecule has 1 aromatic rings. The topological polar surface area (TPSA) is 66.7 Å². The average molecular weight is 376 g/mol. The van der Waals surface area contributed by atoms with Crippen molar-refractivity contribution in [2.45, 2.75) is 64.8 Å². The molecule has 0 N–H and O–H groups in total. The van der Waals surface area contributed by atoms with Gasteiger partial charge in [0, 0.05) is 37.7 Å². The Hall–Kier alpha value is -1.95. The largest absolute Gasteiger partial charge is 0.343 e. The maximum atomic E-state index is 12.0. The molecule has 0 spiro atoms. The van der Waals surface area contributed by atoms with Crippen LogP contribution >= 0.6 is 0 Å². The van der Waals surface area contributed by atoms with E-state index < -0.39 is 0 Å². The van der Waals surface area contributed by atoms with E-state index in [-0.39, 0.29) is 10.6 Å². The van der Waals surface area contributed by atoms with E-state index >= 15 is 0 Å². The van der Waals surface area contributed by atoms with Crippen LogP contribution in [0.1, 0.15) is 57.9 Å². The van der Waals surface area contributed by atoms with Gasteiger partial charge in [0.2, 0.25) is 5.91 Å². The van der Waals surface area contributed by atoms with Crippen molar-refractivity contribution in [3.8, 4) is 0 Å². The summed E-state index contributed by atoms with van der Waals surface area (Å²) in [6.45, 7) is 8.19. The third kappa shape index (κ3) is 6.94. The van der Waals surface area contributed by atoms with E-state index in [1.807, 2.05) is 17.0 Å². The number of hydrogen-bond acceptors (Lipinski definition) is 4. The Labute approximate surface area is 162 Å². The van der Waals surface area contributed by atoms with Crippen molar-refractivity contribution in [2.75, 3.05) is 26.2 Å². The van der Waals surface area contributed by atoms with Crippen LogP contribution in [0.2, 0.25) is 0 Å². The highest BCUT2D eigenvalue weighted by Gasteiger charge is 2.17. The van der Waals surface area contributed by atoms with Gasteiger partial charge in [0.15, 0.2) is 0 Å². The highest BCUT2D eigenvalue weighted by atomic mass is 16.6. The number of hydrogen-bond donors (Lipinski definition) is 0. The summed E-state index contributed by atoms with van der Waals surface area (Å²) in [7, 11) is 0. The zero-order valence-corrected chi connectivity index (χ0v) is 16.7. The van der Waals surface area contributed by atoms with Gasteiger partial charge in [-0.05, 0) is 57.7 Å². The Kier molecular flexibility index (Phi) is 8.72. The molecule has 0 aliphatic carbocycles. The standard InChI is InChI=1S/C21H33N3O3/c1-3-22(14-7-8-16-23-15-6-4-5-9-21(23)25)18(2)17-19-10-12-20(13-11-19)24(26)27/h10-13,18H,3-9,14-17H2,1-2H3. The van der Waals surface area contributed by atoms with Crippen LogP contribution in [0, 0.1) is 10.1 Å². The highest BCUT2D eigenvalue weighted by molar-refractivity contribution is 5.76. The van der Waals surface area contributed by atoms with Crippen LogP contribution in [0.5, 0.6) is 0 Å². The Morgan fingerprint density at radius 2 is 1.93 bits per heavy atom. The van der Waals surface area contributed by atoms with Gasteiger partial charge in [-0.25, -0.2) is 0 Å². The number of nitrogens with zero attached hydrogens (tertiary/aromatic N) is 3. The summed E-state index contributed by atoms with van der Waals surface area (Å²) >= 11 is 0. The number of non-ortho nitro benzene ring substituents is 1. The van der Waals surface area contributed by atoms with E-state index in [1.165, 1.54) is 6.42 Å². The molecule has 1 amide bonds. The Morgan fingerprint density at radius 1 is 1.19 bits per heavy atom. The highest BCUT2D eigenvalue weighted by Crippen LogP contribution is 2.16. The van der Waals surface area contributed by atoms with Gasteiger partial charge < -0.3 is 9.80 Å². The van der Waals surface area contributed by atoms with Crippen LogP contribution in [0.3, 0.4) is 0 Å². The number of nitro benzene ring substituents is 1. The molecule has 1 fully saturated rings. The number of nitro groups is 1. The Balaban J connectivity index is 1.74. The molecule has 2 rings (SSSR count). The number of rotatable bonds is 10. The lowest BCUT2D eigenvalue weighted by molar-refractivity contribution is -0.384. The smallest absolute Gasteiger partial charge is 0.269 e. The summed E-state index contributed by atoms with van der Waals surface area (Å²) in [5.41, 5.74) is 1.27. The predicted octanol–water partition coefficient (Wildman–Crippen LogP) is 4.03.